The lowest BCUT2D eigenvalue weighted by Gasteiger charge is -2.46. The van der Waals surface area contributed by atoms with Gasteiger partial charge < -0.3 is 4.74 Å². The van der Waals surface area contributed by atoms with Gasteiger partial charge in [-0.15, -0.1) is 0 Å². The second-order valence-corrected chi connectivity index (χ2v) is 6.34. The highest BCUT2D eigenvalue weighted by Gasteiger charge is 2.43. The van der Waals surface area contributed by atoms with Crippen LogP contribution < -0.4 is 0 Å². The lowest BCUT2D eigenvalue weighted by molar-refractivity contribution is -0.153. The fourth-order valence-corrected chi connectivity index (χ4v) is 3.66. The van der Waals surface area contributed by atoms with E-state index in [1.807, 2.05) is 6.08 Å². The van der Waals surface area contributed by atoms with Crippen molar-refractivity contribution in [3.63, 3.8) is 0 Å². The number of ketones is 1. The van der Waals surface area contributed by atoms with Crippen LogP contribution in [0.15, 0.2) is 11.6 Å². The minimum atomic E-state index is 0.101. The second kappa shape index (κ2) is 5.16. The first-order valence-electron chi connectivity index (χ1n) is 7.65. The van der Waals surface area contributed by atoms with Gasteiger partial charge in [-0.2, -0.15) is 0 Å². The van der Waals surface area contributed by atoms with Gasteiger partial charge in [0.2, 0.25) is 0 Å². The highest BCUT2D eigenvalue weighted by molar-refractivity contribution is 5.92. The lowest BCUT2D eigenvalue weighted by Crippen LogP contribution is -2.46. The van der Waals surface area contributed by atoms with Crippen LogP contribution in [-0.2, 0) is 9.53 Å². The Morgan fingerprint density at radius 1 is 1.17 bits per heavy atom. The monoisotopic (exact) mass is 248 g/mol. The Bertz CT molecular complexity index is 344. The van der Waals surface area contributed by atoms with Crippen molar-refractivity contribution in [3.8, 4) is 0 Å². The molecule has 0 aromatic heterocycles. The number of ether oxygens (including phenoxy) is 1. The molecule has 2 heteroatoms. The number of carbonyl (C=O) groups is 1. The molecule has 2 saturated carbocycles. The van der Waals surface area contributed by atoms with Crippen molar-refractivity contribution < 1.29 is 9.53 Å². The van der Waals surface area contributed by atoms with Crippen molar-refractivity contribution in [2.45, 2.75) is 69.8 Å². The highest BCUT2D eigenvalue weighted by Crippen LogP contribution is 2.44. The number of hydrogen-bond donors (Lipinski definition) is 0. The molecule has 0 N–H and O–H groups in total. The molecule has 3 fully saturated rings. The van der Waals surface area contributed by atoms with Gasteiger partial charge in [0.25, 0.3) is 0 Å². The largest absolute Gasteiger partial charge is 0.375 e. The number of carbonyl (C=O) groups excluding carboxylic acids is 1. The highest BCUT2D eigenvalue weighted by atomic mass is 16.5. The van der Waals surface area contributed by atoms with E-state index >= 15 is 0 Å². The number of rotatable bonds is 2. The predicted octanol–water partition coefficient (Wildman–Crippen LogP) is 3.80. The van der Waals surface area contributed by atoms with E-state index in [4.69, 9.17) is 4.74 Å². The maximum absolute atomic E-state index is 12.4. The molecule has 0 bridgehead atoms. The third-order valence-corrected chi connectivity index (χ3v) is 5.00. The van der Waals surface area contributed by atoms with E-state index in [2.05, 4.69) is 0 Å². The van der Waals surface area contributed by atoms with Crippen LogP contribution in [0.2, 0.25) is 0 Å². The lowest BCUT2D eigenvalue weighted by atomic mass is 9.71. The van der Waals surface area contributed by atoms with Crippen LogP contribution in [0.1, 0.15) is 64.2 Å². The number of allylic oxidation sites excluding steroid dienone is 2. The molecule has 1 atom stereocenters. The molecule has 3 aliphatic rings. The Morgan fingerprint density at radius 3 is 2.61 bits per heavy atom. The summed E-state index contributed by atoms with van der Waals surface area (Å²) in [6.45, 7) is 0.791. The molecular weight excluding hydrogens is 224 g/mol. The SMILES string of the molecule is O=C(C=C1CCCCC1)C1CCOC2(CCC2)C1. The molecule has 100 valence electrons. The van der Waals surface area contributed by atoms with E-state index in [-0.39, 0.29) is 11.5 Å². The Morgan fingerprint density at radius 2 is 1.94 bits per heavy atom. The molecule has 1 unspecified atom stereocenters. The van der Waals surface area contributed by atoms with Gasteiger partial charge in [0.05, 0.1) is 5.60 Å². The standard InChI is InChI=1S/C16H24O2/c17-15(11-13-5-2-1-3-6-13)14-7-10-18-16(12-14)8-4-9-16/h11,14H,1-10,12H2. The van der Waals surface area contributed by atoms with Crippen LogP contribution in [0.5, 0.6) is 0 Å². The molecule has 0 radical (unpaired) electrons. The summed E-state index contributed by atoms with van der Waals surface area (Å²) in [6.07, 6.45) is 13.7. The third kappa shape index (κ3) is 2.54. The van der Waals surface area contributed by atoms with E-state index in [0.717, 1.165) is 32.3 Å². The van der Waals surface area contributed by atoms with Crippen molar-refractivity contribution in [2.75, 3.05) is 6.61 Å². The molecule has 0 aromatic rings. The quantitative estimate of drug-likeness (QED) is 0.695. The fourth-order valence-electron chi connectivity index (χ4n) is 3.66. The van der Waals surface area contributed by atoms with Crippen LogP contribution in [0.3, 0.4) is 0 Å². The molecule has 0 amide bonds. The Hall–Kier alpha value is -0.630. The zero-order chi connectivity index (χ0) is 12.4. The van der Waals surface area contributed by atoms with Gasteiger partial charge >= 0.3 is 0 Å². The van der Waals surface area contributed by atoms with E-state index in [1.54, 1.807) is 0 Å². The van der Waals surface area contributed by atoms with Gasteiger partial charge in [-0.05, 0) is 63.9 Å². The van der Waals surface area contributed by atoms with Gasteiger partial charge in [0.15, 0.2) is 5.78 Å². The van der Waals surface area contributed by atoms with Crippen LogP contribution in [0.4, 0.5) is 0 Å². The molecule has 1 aliphatic heterocycles. The van der Waals surface area contributed by atoms with Crippen LogP contribution in [0.25, 0.3) is 0 Å². The summed E-state index contributed by atoms with van der Waals surface area (Å²) >= 11 is 0. The summed E-state index contributed by atoms with van der Waals surface area (Å²) in [6, 6.07) is 0. The topological polar surface area (TPSA) is 26.3 Å². The third-order valence-electron chi connectivity index (χ3n) is 5.00. The summed E-state index contributed by atoms with van der Waals surface area (Å²) < 4.78 is 5.90. The fraction of sp³-hybridized carbons (Fsp3) is 0.812. The average molecular weight is 248 g/mol. The van der Waals surface area contributed by atoms with Crippen molar-refractivity contribution in [1.29, 1.82) is 0 Å². The minimum Gasteiger partial charge on any atom is -0.375 e. The maximum Gasteiger partial charge on any atom is 0.158 e. The maximum atomic E-state index is 12.4. The first-order valence-corrected chi connectivity index (χ1v) is 7.65. The van der Waals surface area contributed by atoms with E-state index in [1.165, 1.54) is 44.1 Å². The van der Waals surface area contributed by atoms with Crippen LogP contribution in [0, 0.1) is 5.92 Å². The predicted molar refractivity (Wildman–Crippen MR) is 71.4 cm³/mol. The molecule has 18 heavy (non-hydrogen) atoms. The zero-order valence-electron chi connectivity index (χ0n) is 11.2. The summed E-state index contributed by atoms with van der Waals surface area (Å²) in [5, 5.41) is 0. The van der Waals surface area contributed by atoms with Gasteiger partial charge in [0, 0.05) is 12.5 Å². The van der Waals surface area contributed by atoms with E-state index < -0.39 is 0 Å². The Labute approximate surface area is 110 Å². The summed E-state index contributed by atoms with van der Waals surface area (Å²) in [7, 11) is 0. The molecule has 2 aliphatic carbocycles. The first-order chi connectivity index (χ1) is 8.77. The Balaban J connectivity index is 1.61. The molecular formula is C16H24O2. The molecule has 1 saturated heterocycles. The van der Waals surface area contributed by atoms with E-state index in [9.17, 15) is 4.79 Å². The molecule has 1 spiro atoms. The van der Waals surface area contributed by atoms with Crippen molar-refractivity contribution >= 4 is 5.78 Å². The molecule has 3 rings (SSSR count). The normalized spacial score (nSPS) is 30.9. The average Bonchev–Trinajstić information content (AvgIpc) is 2.38. The minimum absolute atomic E-state index is 0.101. The van der Waals surface area contributed by atoms with Gasteiger partial charge in [-0.3, -0.25) is 4.79 Å². The van der Waals surface area contributed by atoms with Crippen LogP contribution in [-0.4, -0.2) is 18.0 Å². The van der Waals surface area contributed by atoms with Crippen molar-refractivity contribution in [3.05, 3.63) is 11.6 Å². The zero-order valence-corrected chi connectivity index (χ0v) is 11.2. The summed E-state index contributed by atoms with van der Waals surface area (Å²) in [5.74, 6) is 0.634. The Kier molecular flexibility index (Phi) is 3.56. The smallest absolute Gasteiger partial charge is 0.158 e. The van der Waals surface area contributed by atoms with Gasteiger partial charge in [-0.1, -0.05) is 12.0 Å². The summed E-state index contributed by atoms with van der Waals surface area (Å²) in [5.41, 5.74) is 1.50. The second-order valence-electron chi connectivity index (χ2n) is 6.34. The van der Waals surface area contributed by atoms with Crippen LogP contribution >= 0.6 is 0 Å². The summed E-state index contributed by atoms with van der Waals surface area (Å²) in [4.78, 5) is 12.4. The molecule has 0 aromatic carbocycles. The van der Waals surface area contributed by atoms with Crippen molar-refractivity contribution in [1.82, 2.24) is 0 Å². The molecule has 2 nitrogen and oxygen atoms in total. The first kappa shape index (κ1) is 12.4. The van der Waals surface area contributed by atoms with Gasteiger partial charge in [-0.25, -0.2) is 0 Å². The van der Waals surface area contributed by atoms with Crippen molar-refractivity contribution in [2.24, 2.45) is 5.92 Å². The van der Waals surface area contributed by atoms with E-state index in [0.29, 0.717) is 5.78 Å². The van der Waals surface area contributed by atoms with Gasteiger partial charge in [0.1, 0.15) is 0 Å². The molecule has 1 heterocycles. The number of hydrogen-bond acceptors (Lipinski definition) is 2.